The van der Waals surface area contributed by atoms with Crippen LogP contribution < -0.4 is 10.1 Å². The van der Waals surface area contributed by atoms with E-state index in [1.807, 2.05) is 6.07 Å². The number of phenolic OH excluding ortho intramolecular Hbond substituents is 1. The summed E-state index contributed by atoms with van der Waals surface area (Å²) in [6.45, 7) is 10.2. The van der Waals surface area contributed by atoms with Crippen LogP contribution in [0.3, 0.4) is 0 Å². The van der Waals surface area contributed by atoms with Gasteiger partial charge in [-0.05, 0) is 42.2 Å². The summed E-state index contributed by atoms with van der Waals surface area (Å²) in [5.74, 6) is 1.09. The Morgan fingerprint density at radius 3 is 2.48 bits per heavy atom. The highest BCUT2D eigenvalue weighted by molar-refractivity contribution is 5.44. The van der Waals surface area contributed by atoms with Gasteiger partial charge in [-0.25, -0.2) is 0 Å². The summed E-state index contributed by atoms with van der Waals surface area (Å²) in [5, 5.41) is 13.3. The van der Waals surface area contributed by atoms with Crippen molar-refractivity contribution in [3.8, 4) is 11.5 Å². The number of fused-ring (bicyclic) bond motifs is 1. The molecule has 1 aromatic rings. The molecule has 2 aliphatic rings. The van der Waals surface area contributed by atoms with Gasteiger partial charge in [0.2, 0.25) is 0 Å². The van der Waals surface area contributed by atoms with Crippen LogP contribution in [0.2, 0.25) is 0 Å². The fourth-order valence-electron chi connectivity index (χ4n) is 4.59. The van der Waals surface area contributed by atoms with E-state index in [4.69, 9.17) is 4.74 Å². The molecule has 0 bridgehead atoms. The molecule has 0 aromatic heterocycles. The predicted octanol–water partition coefficient (Wildman–Crippen LogP) is 4.02. The largest absolute Gasteiger partial charge is 0.508 e. The fourth-order valence-corrected chi connectivity index (χ4v) is 4.59. The molecule has 2 N–H and O–H groups in total. The van der Waals surface area contributed by atoms with E-state index < -0.39 is 0 Å². The van der Waals surface area contributed by atoms with Crippen molar-refractivity contribution >= 4 is 0 Å². The highest BCUT2D eigenvalue weighted by Gasteiger charge is 2.39. The lowest BCUT2D eigenvalue weighted by molar-refractivity contribution is 0.0785. The summed E-state index contributed by atoms with van der Waals surface area (Å²) in [6, 6.07) is 6.21. The molecule has 1 fully saturated rings. The number of hydrogen-bond donors (Lipinski definition) is 2. The monoisotopic (exact) mass is 289 g/mol. The fraction of sp³-hybridized carbons (Fsp3) is 0.667. The number of nitrogens with one attached hydrogen (secondary N) is 1. The van der Waals surface area contributed by atoms with Gasteiger partial charge in [0.25, 0.3) is 0 Å². The number of benzene rings is 1. The lowest BCUT2D eigenvalue weighted by Gasteiger charge is -2.45. The Kier molecular flexibility index (Phi) is 3.44. The molecule has 1 unspecified atom stereocenters. The van der Waals surface area contributed by atoms with Gasteiger partial charge in [0.1, 0.15) is 18.1 Å². The Morgan fingerprint density at radius 2 is 1.81 bits per heavy atom. The third-order valence-electron chi connectivity index (χ3n) is 4.77. The molecule has 0 spiro atoms. The van der Waals surface area contributed by atoms with E-state index in [0.717, 1.165) is 5.75 Å². The maximum Gasteiger partial charge on any atom is 0.127 e. The number of phenols is 1. The Hall–Kier alpha value is -1.22. The molecule has 1 atom stereocenters. The maximum absolute atomic E-state index is 9.54. The summed E-state index contributed by atoms with van der Waals surface area (Å²) in [6.07, 6.45) is 3.70. The van der Waals surface area contributed by atoms with Crippen LogP contribution in [-0.4, -0.2) is 17.8 Å². The van der Waals surface area contributed by atoms with Crippen molar-refractivity contribution in [1.82, 2.24) is 5.32 Å². The Labute approximate surface area is 127 Å². The molecule has 116 valence electrons. The van der Waals surface area contributed by atoms with Crippen LogP contribution >= 0.6 is 0 Å². The molecule has 0 amide bonds. The zero-order chi connectivity index (χ0) is 15.3. The van der Waals surface area contributed by atoms with Gasteiger partial charge in [-0.1, -0.05) is 27.7 Å². The van der Waals surface area contributed by atoms with Gasteiger partial charge in [-0.15, -0.1) is 0 Å². The highest BCUT2D eigenvalue weighted by atomic mass is 16.5. The van der Waals surface area contributed by atoms with Gasteiger partial charge in [0, 0.05) is 17.7 Å². The molecule has 21 heavy (non-hydrogen) atoms. The summed E-state index contributed by atoms with van der Waals surface area (Å²) in [7, 11) is 0. The van der Waals surface area contributed by atoms with Crippen LogP contribution in [0.5, 0.6) is 11.5 Å². The van der Waals surface area contributed by atoms with E-state index in [9.17, 15) is 5.11 Å². The summed E-state index contributed by atoms with van der Waals surface area (Å²) in [5.41, 5.74) is 1.95. The standard InChI is InChI=1S/C18H27NO2/c1-17(2)8-12(9-18(3,4)11-17)19-15-10-21-16-7-13(20)5-6-14(15)16/h5-7,12,15,19-20H,8-11H2,1-4H3. The van der Waals surface area contributed by atoms with E-state index >= 15 is 0 Å². The molecule has 1 heterocycles. The van der Waals surface area contributed by atoms with Crippen molar-refractivity contribution in [2.75, 3.05) is 6.61 Å². The van der Waals surface area contributed by atoms with E-state index in [2.05, 4.69) is 33.0 Å². The second-order valence-electron chi connectivity index (χ2n) is 8.36. The van der Waals surface area contributed by atoms with Crippen LogP contribution in [0, 0.1) is 10.8 Å². The second kappa shape index (κ2) is 4.91. The molecule has 0 saturated heterocycles. The van der Waals surface area contributed by atoms with Crippen LogP contribution in [0.4, 0.5) is 0 Å². The van der Waals surface area contributed by atoms with Crippen molar-refractivity contribution in [2.24, 2.45) is 10.8 Å². The van der Waals surface area contributed by atoms with Crippen molar-refractivity contribution < 1.29 is 9.84 Å². The smallest absolute Gasteiger partial charge is 0.127 e. The van der Waals surface area contributed by atoms with Crippen LogP contribution in [0.1, 0.15) is 58.6 Å². The molecular formula is C18H27NO2. The van der Waals surface area contributed by atoms with Crippen LogP contribution in [0.25, 0.3) is 0 Å². The van der Waals surface area contributed by atoms with E-state index in [-0.39, 0.29) is 11.8 Å². The number of rotatable bonds is 2. The minimum absolute atomic E-state index is 0.246. The molecule has 1 aliphatic heterocycles. The molecule has 3 heteroatoms. The Balaban J connectivity index is 1.74. The quantitative estimate of drug-likeness (QED) is 0.864. The van der Waals surface area contributed by atoms with Gasteiger partial charge in [-0.3, -0.25) is 0 Å². The van der Waals surface area contributed by atoms with Crippen molar-refractivity contribution in [1.29, 1.82) is 0 Å². The normalized spacial score (nSPS) is 27.1. The first-order valence-electron chi connectivity index (χ1n) is 7.96. The topological polar surface area (TPSA) is 41.5 Å². The molecule has 1 saturated carbocycles. The second-order valence-corrected chi connectivity index (χ2v) is 8.36. The molecule has 3 nitrogen and oxygen atoms in total. The van der Waals surface area contributed by atoms with E-state index in [1.54, 1.807) is 12.1 Å². The van der Waals surface area contributed by atoms with Gasteiger partial charge in [0.05, 0.1) is 6.04 Å². The van der Waals surface area contributed by atoms with Crippen molar-refractivity contribution in [2.45, 2.75) is 59.0 Å². The highest BCUT2D eigenvalue weighted by Crippen LogP contribution is 2.46. The predicted molar refractivity (Wildman–Crippen MR) is 84.7 cm³/mol. The van der Waals surface area contributed by atoms with Crippen LogP contribution in [-0.2, 0) is 0 Å². The third-order valence-corrected chi connectivity index (χ3v) is 4.77. The lowest BCUT2D eigenvalue weighted by atomic mass is 9.63. The summed E-state index contributed by atoms with van der Waals surface area (Å²) in [4.78, 5) is 0. The lowest BCUT2D eigenvalue weighted by Crippen LogP contribution is -2.45. The minimum Gasteiger partial charge on any atom is -0.508 e. The molecule has 0 radical (unpaired) electrons. The number of hydrogen-bond acceptors (Lipinski definition) is 3. The molecule has 1 aromatic carbocycles. The number of ether oxygens (including phenoxy) is 1. The minimum atomic E-state index is 0.246. The molecular weight excluding hydrogens is 262 g/mol. The van der Waals surface area contributed by atoms with E-state index in [0.29, 0.717) is 23.5 Å². The molecule has 1 aliphatic carbocycles. The first-order valence-corrected chi connectivity index (χ1v) is 7.96. The number of aromatic hydroxyl groups is 1. The average molecular weight is 289 g/mol. The van der Waals surface area contributed by atoms with Gasteiger partial charge in [0.15, 0.2) is 0 Å². The first-order chi connectivity index (χ1) is 9.74. The zero-order valence-corrected chi connectivity index (χ0v) is 13.6. The third kappa shape index (κ3) is 3.18. The maximum atomic E-state index is 9.54. The van der Waals surface area contributed by atoms with Gasteiger partial charge < -0.3 is 15.2 Å². The summed E-state index contributed by atoms with van der Waals surface area (Å²) >= 11 is 0. The SMILES string of the molecule is CC1(C)CC(NC2COc3cc(O)ccc32)CC(C)(C)C1. The van der Waals surface area contributed by atoms with Crippen molar-refractivity contribution in [3.05, 3.63) is 23.8 Å². The first kappa shape index (κ1) is 14.7. The average Bonchev–Trinajstić information content (AvgIpc) is 2.67. The van der Waals surface area contributed by atoms with Gasteiger partial charge >= 0.3 is 0 Å². The zero-order valence-electron chi connectivity index (χ0n) is 13.6. The van der Waals surface area contributed by atoms with Crippen LogP contribution in [0.15, 0.2) is 18.2 Å². The Morgan fingerprint density at radius 1 is 1.14 bits per heavy atom. The summed E-state index contributed by atoms with van der Waals surface area (Å²) < 4.78 is 5.71. The Bertz CT molecular complexity index is 520. The van der Waals surface area contributed by atoms with Crippen molar-refractivity contribution in [3.63, 3.8) is 0 Å². The molecule has 3 rings (SSSR count). The van der Waals surface area contributed by atoms with Gasteiger partial charge in [-0.2, -0.15) is 0 Å². The van der Waals surface area contributed by atoms with E-state index in [1.165, 1.54) is 24.8 Å².